The lowest BCUT2D eigenvalue weighted by atomic mass is 9.95. The van der Waals surface area contributed by atoms with Crippen LogP contribution < -0.4 is 0 Å². The number of amides is 1. The van der Waals surface area contributed by atoms with E-state index < -0.39 is 0 Å². The van der Waals surface area contributed by atoms with E-state index in [1.165, 1.54) is 0 Å². The molecule has 0 unspecified atom stereocenters. The molecule has 2 fully saturated rings. The number of nitrogens with zero attached hydrogens (tertiary/aromatic N) is 3. The molecule has 24 heavy (non-hydrogen) atoms. The fraction of sp³-hybridized carbons (Fsp3) is 0.500. The predicted octanol–water partition coefficient (Wildman–Crippen LogP) is 2.36. The van der Waals surface area contributed by atoms with Crippen LogP contribution in [-0.2, 0) is 9.53 Å². The van der Waals surface area contributed by atoms with Crippen molar-refractivity contribution < 1.29 is 9.53 Å². The van der Waals surface area contributed by atoms with Crippen LogP contribution in [0.1, 0.15) is 37.4 Å². The van der Waals surface area contributed by atoms with Crippen LogP contribution in [0.5, 0.6) is 0 Å². The number of aromatic amines is 1. The molecule has 0 bridgehead atoms. The number of nitrogens with one attached hydrogen (secondary N) is 1. The van der Waals surface area contributed by atoms with Crippen molar-refractivity contribution in [2.45, 2.75) is 37.7 Å². The second-order valence-electron chi connectivity index (χ2n) is 6.51. The third kappa shape index (κ3) is 3.06. The molecule has 2 aliphatic rings. The van der Waals surface area contributed by atoms with Crippen molar-refractivity contribution in [2.75, 3.05) is 19.7 Å². The summed E-state index contributed by atoms with van der Waals surface area (Å²) >= 11 is 0. The summed E-state index contributed by atoms with van der Waals surface area (Å²) in [6, 6.07) is 9.98. The molecular weight excluding hydrogens is 304 g/mol. The first-order valence-corrected chi connectivity index (χ1v) is 8.69. The van der Waals surface area contributed by atoms with Gasteiger partial charge in [-0.05, 0) is 25.7 Å². The van der Waals surface area contributed by atoms with Crippen molar-refractivity contribution in [2.24, 2.45) is 0 Å². The van der Waals surface area contributed by atoms with Crippen LogP contribution >= 0.6 is 0 Å². The Balaban J connectivity index is 1.38. The SMILES string of the molecule is O=C([C@H]1CCCO1)N1CCC(c2nc(-c3ccccc3)n[nH]2)CC1. The molecule has 1 N–H and O–H groups in total. The lowest BCUT2D eigenvalue weighted by Gasteiger charge is -2.32. The highest BCUT2D eigenvalue weighted by molar-refractivity contribution is 5.81. The van der Waals surface area contributed by atoms with Crippen LogP contribution in [0.15, 0.2) is 30.3 Å². The topological polar surface area (TPSA) is 71.1 Å². The fourth-order valence-electron chi connectivity index (χ4n) is 3.52. The molecule has 1 aromatic heterocycles. The second-order valence-corrected chi connectivity index (χ2v) is 6.51. The Hall–Kier alpha value is -2.21. The highest BCUT2D eigenvalue weighted by atomic mass is 16.5. The first-order valence-electron chi connectivity index (χ1n) is 8.69. The second kappa shape index (κ2) is 6.73. The molecule has 126 valence electrons. The smallest absolute Gasteiger partial charge is 0.251 e. The monoisotopic (exact) mass is 326 g/mol. The molecule has 0 saturated carbocycles. The van der Waals surface area contributed by atoms with E-state index >= 15 is 0 Å². The Bertz CT molecular complexity index is 686. The molecule has 1 atom stereocenters. The first-order chi connectivity index (χ1) is 11.8. The lowest BCUT2D eigenvalue weighted by molar-refractivity contribution is -0.142. The normalized spacial score (nSPS) is 22.0. The molecule has 1 aromatic carbocycles. The molecule has 2 aliphatic heterocycles. The van der Waals surface area contributed by atoms with Crippen LogP contribution in [0.4, 0.5) is 0 Å². The number of ether oxygens (including phenoxy) is 1. The summed E-state index contributed by atoms with van der Waals surface area (Å²) in [6.07, 6.45) is 3.48. The van der Waals surface area contributed by atoms with Crippen molar-refractivity contribution in [1.82, 2.24) is 20.1 Å². The summed E-state index contributed by atoms with van der Waals surface area (Å²) in [5.74, 6) is 2.17. The standard InChI is InChI=1S/C18H22N4O2/c23-18(15-7-4-12-24-15)22-10-8-14(9-11-22)17-19-16(20-21-17)13-5-2-1-3-6-13/h1-3,5-6,14-15H,4,7-12H2,(H,19,20,21)/t15-/m1/s1. The zero-order valence-corrected chi connectivity index (χ0v) is 13.6. The van der Waals surface area contributed by atoms with Crippen molar-refractivity contribution in [3.8, 4) is 11.4 Å². The van der Waals surface area contributed by atoms with E-state index in [0.717, 1.165) is 56.0 Å². The number of benzene rings is 1. The largest absolute Gasteiger partial charge is 0.368 e. The van der Waals surface area contributed by atoms with Crippen molar-refractivity contribution in [1.29, 1.82) is 0 Å². The van der Waals surface area contributed by atoms with Crippen LogP contribution in [0.25, 0.3) is 11.4 Å². The Morgan fingerprint density at radius 1 is 1.17 bits per heavy atom. The van der Waals surface area contributed by atoms with Gasteiger partial charge in [-0.2, -0.15) is 5.10 Å². The molecule has 0 radical (unpaired) electrons. The molecule has 6 heteroatoms. The summed E-state index contributed by atoms with van der Waals surface area (Å²) < 4.78 is 5.51. The van der Waals surface area contributed by atoms with Crippen LogP contribution in [0, 0.1) is 0 Å². The maximum atomic E-state index is 12.4. The molecule has 3 heterocycles. The lowest BCUT2D eigenvalue weighted by Crippen LogP contribution is -2.43. The zero-order chi connectivity index (χ0) is 16.4. The van der Waals surface area contributed by atoms with Gasteiger partial charge >= 0.3 is 0 Å². The maximum absolute atomic E-state index is 12.4. The average molecular weight is 326 g/mol. The number of piperidine rings is 1. The van der Waals surface area contributed by atoms with Gasteiger partial charge in [0.25, 0.3) is 5.91 Å². The minimum atomic E-state index is -0.212. The highest BCUT2D eigenvalue weighted by Crippen LogP contribution is 2.28. The van der Waals surface area contributed by atoms with E-state index in [0.29, 0.717) is 12.5 Å². The van der Waals surface area contributed by atoms with Gasteiger partial charge in [-0.15, -0.1) is 0 Å². The van der Waals surface area contributed by atoms with Gasteiger partial charge in [-0.3, -0.25) is 9.89 Å². The van der Waals surface area contributed by atoms with E-state index in [1.807, 2.05) is 35.2 Å². The number of likely N-dealkylation sites (tertiary alicyclic amines) is 1. The number of aromatic nitrogens is 3. The van der Waals surface area contributed by atoms with Gasteiger partial charge in [-0.1, -0.05) is 30.3 Å². The molecule has 2 aromatic rings. The van der Waals surface area contributed by atoms with E-state index in [9.17, 15) is 4.79 Å². The number of carbonyl (C=O) groups excluding carboxylic acids is 1. The molecule has 0 spiro atoms. The van der Waals surface area contributed by atoms with E-state index in [-0.39, 0.29) is 12.0 Å². The van der Waals surface area contributed by atoms with Gasteiger partial charge < -0.3 is 9.64 Å². The minimum absolute atomic E-state index is 0.161. The molecular formula is C18H22N4O2. The Morgan fingerprint density at radius 3 is 2.67 bits per heavy atom. The molecule has 1 amide bonds. The summed E-state index contributed by atoms with van der Waals surface area (Å²) in [4.78, 5) is 19.0. The summed E-state index contributed by atoms with van der Waals surface area (Å²) in [5.41, 5.74) is 1.02. The summed E-state index contributed by atoms with van der Waals surface area (Å²) in [7, 11) is 0. The summed E-state index contributed by atoms with van der Waals surface area (Å²) in [5, 5.41) is 7.43. The van der Waals surface area contributed by atoms with Crippen molar-refractivity contribution in [3.63, 3.8) is 0 Å². The minimum Gasteiger partial charge on any atom is -0.368 e. The van der Waals surface area contributed by atoms with E-state index in [1.54, 1.807) is 0 Å². The van der Waals surface area contributed by atoms with Crippen molar-refractivity contribution in [3.05, 3.63) is 36.2 Å². The fourth-order valence-corrected chi connectivity index (χ4v) is 3.52. The van der Waals surface area contributed by atoms with Crippen LogP contribution in [0.2, 0.25) is 0 Å². The van der Waals surface area contributed by atoms with Gasteiger partial charge in [0.05, 0.1) is 0 Å². The zero-order valence-electron chi connectivity index (χ0n) is 13.6. The van der Waals surface area contributed by atoms with Gasteiger partial charge in [0, 0.05) is 31.2 Å². The maximum Gasteiger partial charge on any atom is 0.251 e. The van der Waals surface area contributed by atoms with Gasteiger partial charge in [0.15, 0.2) is 5.82 Å². The molecule has 2 saturated heterocycles. The Kier molecular flexibility index (Phi) is 4.30. The number of carbonyl (C=O) groups is 1. The van der Waals surface area contributed by atoms with Gasteiger partial charge in [0.1, 0.15) is 11.9 Å². The molecule has 6 nitrogen and oxygen atoms in total. The number of hydrogen-bond donors (Lipinski definition) is 1. The first kappa shape index (κ1) is 15.3. The Labute approximate surface area is 141 Å². The van der Waals surface area contributed by atoms with Gasteiger partial charge in [-0.25, -0.2) is 4.98 Å². The predicted molar refractivity (Wildman–Crippen MR) is 89.3 cm³/mol. The highest BCUT2D eigenvalue weighted by Gasteiger charge is 2.32. The van der Waals surface area contributed by atoms with Crippen molar-refractivity contribution >= 4 is 5.91 Å². The third-order valence-electron chi connectivity index (χ3n) is 4.93. The summed E-state index contributed by atoms with van der Waals surface area (Å²) in [6.45, 7) is 2.25. The quantitative estimate of drug-likeness (QED) is 0.940. The van der Waals surface area contributed by atoms with E-state index in [2.05, 4.69) is 15.2 Å². The number of H-pyrrole nitrogens is 1. The Morgan fingerprint density at radius 2 is 1.96 bits per heavy atom. The molecule has 0 aliphatic carbocycles. The van der Waals surface area contributed by atoms with Crippen LogP contribution in [-0.4, -0.2) is 51.8 Å². The number of hydrogen-bond acceptors (Lipinski definition) is 4. The van der Waals surface area contributed by atoms with Crippen LogP contribution in [0.3, 0.4) is 0 Å². The third-order valence-corrected chi connectivity index (χ3v) is 4.93. The molecule has 4 rings (SSSR count). The van der Waals surface area contributed by atoms with E-state index in [4.69, 9.17) is 4.74 Å². The average Bonchev–Trinajstić information content (AvgIpc) is 3.34. The number of rotatable bonds is 3. The van der Waals surface area contributed by atoms with Gasteiger partial charge in [0.2, 0.25) is 0 Å².